The molecule has 0 atom stereocenters. The molecule has 10 nitrogen and oxygen atoms in total. The molecule has 1 aromatic heterocycles. The molecule has 0 aliphatic rings. The van der Waals surface area contributed by atoms with Gasteiger partial charge in [0.2, 0.25) is 0 Å². The summed E-state index contributed by atoms with van der Waals surface area (Å²) >= 11 is 1.05. The quantitative estimate of drug-likeness (QED) is 0.318. The fourth-order valence-corrected chi connectivity index (χ4v) is 3.81. The number of ether oxygens (including phenoxy) is 1. The third-order valence-corrected chi connectivity index (χ3v) is 5.12. The number of halogens is 1. The topological polar surface area (TPSA) is 130 Å². The van der Waals surface area contributed by atoms with Crippen molar-refractivity contribution >= 4 is 38.8 Å². The first-order valence-corrected chi connectivity index (χ1v) is 9.51. The van der Waals surface area contributed by atoms with Crippen molar-refractivity contribution in [2.45, 2.75) is 13.5 Å². The minimum Gasteiger partial charge on any atom is -0.380 e. The Morgan fingerprint density at radius 3 is 2.43 bits per heavy atom. The number of hydrogen-bond acceptors (Lipinski definition) is 7. The Bertz CT molecular complexity index is 1190. The van der Waals surface area contributed by atoms with Gasteiger partial charge in [-0.2, -0.15) is 4.99 Å². The standard InChI is InChI=1S/C18H15FN4O6S/c1-2-29-6-5-21-15-4-3-12(19)9-16(15)30-18(21)20-17(24)11-7-13(22(25)26)10-14(8-11)23(27)28/h3-4,7-10H,2,5-6H2,1H3. The highest BCUT2D eigenvalue weighted by atomic mass is 32.1. The van der Waals surface area contributed by atoms with Crippen LogP contribution in [0.5, 0.6) is 0 Å². The number of nitro benzene ring substituents is 2. The summed E-state index contributed by atoms with van der Waals surface area (Å²) in [4.78, 5) is 37.3. The Morgan fingerprint density at radius 2 is 1.83 bits per heavy atom. The maximum atomic E-state index is 13.6. The second-order valence-electron chi connectivity index (χ2n) is 6.01. The Balaban J connectivity index is 2.11. The maximum Gasteiger partial charge on any atom is 0.280 e. The largest absolute Gasteiger partial charge is 0.380 e. The number of non-ortho nitro benzene ring substituents is 2. The average Bonchev–Trinajstić information content (AvgIpc) is 3.03. The predicted octanol–water partition coefficient (Wildman–Crippen LogP) is 3.44. The van der Waals surface area contributed by atoms with Gasteiger partial charge in [0.15, 0.2) is 4.80 Å². The third-order valence-electron chi connectivity index (χ3n) is 4.08. The minimum absolute atomic E-state index is 0.217. The molecule has 0 aliphatic carbocycles. The van der Waals surface area contributed by atoms with E-state index >= 15 is 0 Å². The number of hydrogen-bond donors (Lipinski definition) is 0. The van der Waals surface area contributed by atoms with Gasteiger partial charge >= 0.3 is 0 Å². The first-order chi connectivity index (χ1) is 14.3. The number of nitro groups is 2. The van der Waals surface area contributed by atoms with Gasteiger partial charge in [-0.05, 0) is 25.1 Å². The molecule has 0 fully saturated rings. The number of carbonyl (C=O) groups is 1. The van der Waals surface area contributed by atoms with Crippen molar-refractivity contribution in [1.29, 1.82) is 0 Å². The van der Waals surface area contributed by atoms with Crippen LogP contribution in [0, 0.1) is 26.0 Å². The van der Waals surface area contributed by atoms with E-state index in [0.717, 1.165) is 29.5 Å². The van der Waals surface area contributed by atoms with Crippen LogP contribution in [-0.2, 0) is 11.3 Å². The molecule has 12 heteroatoms. The summed E-state index contributed by atoms with van der Waals surface area (Å²) in [5, 5.41) is 22.1. The Hall–Kier alpha value is -3.51. The summed E-state index contributed by atoms with van der Waals surface area (Å²) in [5.41, 5.74) is -0.843. The van der Waals surface area contributed by atoms with Gasteiger partial charge in [0.05, 0.1) is 38.3 Å². The highest BCUT2D eigenvalue weighted by Gasteiger charge is 2.20. The van der Waals surface area contributed by atoms with Crippen molar-refractivity contribution in [2.24, 2.45) is 4.99 Å². The van der Waals surface area contributed by atoms with E-state index in [2.05, 4.69) is 4.99 Å². The number of aromatic nitrogens is 1. The van der Waals surface area contributed by atoms with E-state index in [0.29, 0.717) is 30.0 Å². The monoisotopic (exact) mass is 434 g/mol. The molecule has 0 radical (unpaired) electrons. The van der Waals surface area contributed by atoms with Gasteiger partial charge < -0.3 is 9.30 Å². The van der Waals surface area contributed by atoms with Crippen LogP contribution in [0.2, 0.25) is 0 Å². The molecule has 0 bridgehead atoms. The van der Waals surface area contributed by atoms with Crippen LogP contribution in [0.25, 0.3) is 10.2 Å². The fraction of sp³-hybridized carbons (Fsp3) is 0.222. The highest BCUT2D eigenvalue weighted by Crippen LogP contribution is 2.23. The van der Waals surface area contributed by atoms with Crippen molar-refractivity contribution in [1.82, 2.24) is 4.57 Å². The first kappa shape index (κ1) is 21.2. The fourth-order valence-electron chi connectivity index (χ4n) is 2.73. The molecule has 1 amide bonds. The molecule has 0 aliphatic heterocycles. The number of amides is 1. The summed E-state index contributed by atoms with van der Waals surface area (Å²) in [6.07, 6.45) is 0. The van der Waals surface area contributed by atoms with Crippen molar-refractivity contribution < 1.29 is 23.8 Å². The average molecular weight is 434 g/mol. The summed E-state index contributed by atoms with van der Waals surface area (Å²) in [5.74, 6) is -1.34. The molecule has 2 aromatic carbocycles. The molecule has 0 unspecified atom stereocenters. The van der Waals surface area contributed by atoms with Crippen LogP contribution >= 0.6 is 11.3 Å². The summed E-state index contributed by atoms with van der Waals surface area (Å²) in [6, 6.07) is 6.75. The number of benzene rings is 2. The molecule has 30 heavy (non-hydrogen) atoms. The molecule has 1 heterocycles. The summed E-state index contributed by atoms with van der Waals surface area (Å²) in [6.45, 7) is 2.97. The maximum absolute atomic E-state index is 13.6. The summed E-state index contributed by atoms with van der Waals surface area (Å²) in [7, 11) is 0. The lowest BCUT2D eigenvalue weighted by Gasteiger charge is -2.05. The van der Waals surface area contributed by atoms with E-state index < -0.39 is 32.9 Å². The van der Waals surface area contributed by atoms with Crippen molar-refractivity contribution in [2.75, 3.05) is 13.2 Å². The SMILES string of the molecule is CCOCCn1c(=NC(=O)c2cc([N+](=O)[O-])cc([N+](=O)[O-])c2)sc2cc(F)ccc21. The van der Waals surface area contributed by atoms with Gasteiger partial charge in [0.25, 0.3) is 17.3 Å². The van der Waals surface area contributed by atoms with Crippen LogP contribution in [0.4, 0.5) is 15.8 Å². The molecule has 3 aromatic rings. The Kier molecular flexibility index (Phi) is 6.28. The van der Waals surface area contributed by atoms with Gasteiger partial charge in [-0.15, -0.1) is 0 Å². The molecule has 0 spiro atoms. The van der Waals surface area contributed by atoms with E-state index in [1.807, 2.05) is 6.92 Å². The molecule has 0 saturated heterocycles. The van der Waals surface area contributed by atoms with Crippen molar-refractivity contribution in [3.8, 4) is 0 Å². The number of carbonyl (C=O) groups excluding carboxylic acids is 1. The van der Waals surface area contributed by atoms with Crippen LogP contribution in [-0.4, -0.2) is 33.5 Å². The van der Waals surface area contributed by atoms with E-state index in [9.17, 15) is 29.4 Å². The Morgan fingerprint density at radius 1 is 1.17 bits per heavy atom. The summed E-state index contributed by atoms with van der Waals surface area (Å²) < 4.78 is 21.2. The van der Waals surface area contributed by atoms with E-state index in [-0.39, 0.29) is 10.4 Å². The number of thiazole rings is 1. The molecule has 0 saturated carbocycles. The first-order valence-electron chi connectivity index (χ1n) is 8.69. The minimum atomic E-state index is -0.890. The highest BCUT2D eigenvalue weighted by molar-refractivity contribution is 7.16. The van der Waals surface area contributed by atoms with Crippen molar-refractivity contribution in [3.05, 3.63) is 72.8 Å². The lowest BCUT2D eigenvalue weighted by atomic mass is 10.1. The zero-order chi connectivity index (χ0) is 21.8. The normalized spacial score (nSPS) is 11.7. The Labute approximate surface area is 172 Å². The van der Waals surface area contributed by atoms with Crippen LogP contribution in [0.1, 0.15) is 17.3 Å². The van der Waals surface area contributed by atoms with Crippen molar-refractivity contribution in [3.63, 3.8) is 0 Å². The number of nitrogens with zero attached hydrogens (tertiary/aromatic N) is 4. The van der Waals surface area contributed by atoms with Gasteiger partial charge in [-0.1, -0.05) is 11.3 Å². The molecular weight excluding hydrogens is 419 g/mol. The molecule has 0 N–H and O–H groups in total. The lowest BCUT2D eigenvalue weighted by molar-refractivity contribution is -0.394. The smallest absolute Gasteiger partial charge is 0.280 e. The van der Waals surface area contributed by atoms with Gasteiger partial charge in [-0.3, -0.25) is 25.0 Å². The lowest BCUT2D eigenvalue weighted by Crippen LogP contribution is -2.19. The van der Waals surface area contributed by atoms with E-state index in [1.54, 1.807) is 10.6 Å². The predicted molar refractivity (Wildman–Crippen MR) is 106 cm³/mol. The second kappa shape index (κ2) is 8.88. The molecular formula is C18H15FN4O6S. The third kappa shape index (κ3) is 4.55. The van der Waals surface area contributed by atoms with E-state index in [4.69, 9.17) is 4.74 Å². The molecule has 156 valence electrons. The van der Waals surface area contributed by atoms with Crippen LogP contribution < -0.4 is 4.80 Å². The second-order valence-corrected chi connectivity index (χ2v) is 7.02. The molecule has 3 rings (SSSR count). The van der Waals surface area contributed by atoms with Gasteiger partial charge in [-0.25, -0.2) is 4.39 Å². The zero-order valence-electron chi connectivity index (χ0n) is 15.6. The van der Waals surface area contributed by atoms with Gasteiger partial charge in [0, 0.05) is 25.3 Å². The zero-order valence-corrected chi connectivity index (χ0v) is 16.4. The van der Waals surface area contributed by atoms with Crippen LogP contribution in [0.15, 0.2) is 41.4 Å². The number of rotatable bonds is 7. The van der Waals surface area contributed by atoms with Gasteiger partial charge in [0.1, 0.15) is 5.82 Å². The van der Waals surface area contributed by atoms with E-state index in [1.165, 1.54) is 12.1 Å². The number of fused-ring (bicyclic) bond motifs is 1. The van der Waals surface area contributed by atoms with Crippen LogP contribution in [0.3, 0.4) is 0 Å².